The van der Waals surface area contributed by atoms with Crippen molar-refractivity contribution in [3.8, 4) is 0 Å². The van der Waals surface area contributed by atoms with Gasteiger partial charge in [-0.3, -0.25) is 4.79 Å². The van der Waals surface area contributed by atoms with Gasteiger partial charge in [-0.2, -0.15) is 0 Å². The fourth-order valence-corrected chi connectivity index (χ4v) is 2.17. The Balaban J connectivity index is 1.82. The number of carbonyl (C=O) groups is 1. The van der Waals surface area contributed by atoms with E-state index in [0.29, 0.717) is 11.4 Å². The summed E-state index contributed by atoms with van der Waals surface area (Å²) in [5, 5.41) is 7.03. The second-order valence-corrected chi connectivity index (χ2v) is 4.85. The van der Waals surface area contributed by atoms with E-state index in [-0.39, 0.29) is 11.9 Å². The van der Waals surface area contributed by atoms with Gasteiger partial charge in [0.1, 0.15) is 0 Å². The first kappa shape index (κ1) is 12.4. The summed E-state index contributed by atoms with van der Waals surface area (Å²) < 4.78 is 0. The van der Waals surface area contributed by atoms with Crippen LogP contribution in [0.1, 0.15) is 18.4 Å². The fourth-order valence-electron chi connectivity index (χ4n) is 2.04. The van der Waals surface area contributed by atoms with Gasteiger partial charge in [-0.25, -0.2) is 0 Å². The summed E-state index contributed by atoms with van der Waals surface area (Å²) in [5.41, 5.74) is 0.996. The molecule has 0 aliphatic carbocycles. The molecule has 0 aromatic heterocycles. The third-order valence-electron chi connectivity index (χ3n) is 2.94. The summed E-state index contributed by atoms with van der Waals surface area (Å²) in [6, 6.07) is 7.68. The van der Waals surface area contributed by atoms with Crippen LogP contribution in [0, 0.1) is 0 Å². The Morgan fingerprint density at radius 3 is 2.82 bits per heavy atom. The minimum absolute atomic E-state index is 0.0843. The van der Waals surface area contributed by atoms with Gasteiger partial charge < -0.3 is 10.6 Å². The minimum atomic E-state index is 0.0843. The van der Waals surface area contributed by atoms with E-state index in [9.17, 15) is 4.79 Å². The summed E-state index contributed by atoms with van der Waals surface area (Å²) in [6.07, 6.45) is 2.62. The Bertz CT molecular complexity index is 372. The van der Waals surface area contributed by atoms with Crippen LogP contribution >= 0.6 is 11.6 Å². The Hall–Kier alpha value is -1.06. The van der Waals surface area contributed by atoms with Crippen molar-refractivity contribution in [2.45, 2.75) is 25.3 Å². The van der Waals surface area contributed by atoms with E-state index in [2.05, 4.69) is 10.6 Å². The smallest absolute Gasteiger partial charge is 0.224 e. The van der Waals surface area contributed by atoms with Gasteiger partial charge in [0.2, 0.25) is 5.91 Å². The molecule has 1 atom stereocenters. The molecule has 0 radical (unpaired) electrons. The zero-order valence-corrected chi connectivity index (χ0v) is 10.5. The monoisotopic (exact) mass is 252 g/mol. The first-order chi connectivity index (χ1) is 8.24. The highest BCUT2D eigenvalue weighted by atomic mass is 35.5. The maximum absolute atomic E-state index is 11.8. The molecule has 2 N–H and O–H groups in total. The molecule has 0 bridgehead atoms. The van der Waals surface area contributed by atoms with Gasteiger partial charge in [0.15, 0.2) is 0 Å². The Labute approximate surface area is 107 Å². The third kappa shape index (κ3) is 4.02. The standard InChI is InChI=1S/C13H17ClN2O/c14-11-5-3-10(4-6-11)8-13(17)16-12-2-1-7-15-9-12/h3-6,12,15H,1-2,7-9H2,(H,16,17). The van der Waals surface area contributed by atoms with Crippen molar-refractivity contribution >= 4 is 17.5 Å². The SMILES string of the molecule is O=C(Cc1ccc(Cl)cc1)NC1CCCNC1. The average Bonchev–Trinajstić information content (AvgIpc) is 2.33. The molecule has 2 rings (SSSR count). The van der Waals surface area contributed by atoms with Crippen molar-refractivity contribution in [2.75, 3.05) is 13.1 Å². The lowest BCUT2D eigenvalue weighted by Gasteiger charge is -2.23. The summed E-state index contributed by atoms with van der Waals surface area (Å²) in [4.78, 5) is 11.8. The number of carbonyl (C=O) groups excluding carboxylic acids is 1. The van der Waals surface area contributed by atoms with Crippen LogP contribution < -0.4 is 10.6 Å². The predicted molar refractivity (Wildman–Crippen MR) is 69.2 cm³/mol. The second kappa shape index (κ2) is 6.03. The van der Waals surface area contributed by atoms with Gasteiger partial charge in [-0.1, -0.05) is 23.7 Å². The van der Waals surface area contributed by atoms with Crippen molar-refractivity contribution in [2.24, 2.45) is 0 Å². The number of hydrogen-bond donors (Lipinski definition) is 2. The van der Waals surface area contributed by atoms with Gasteiger partial charge >= 0.3 is 0 Å². The maximum atomic E-state index is 11.8. The van der Waals surface area contributed by atoms with Crippen LogP contribution in [0.3, 0.4) is 0 Å². The van der Waals surface area contributed by atoms with Crippen LogP contribution in [-0.2, 0) is 11.2 Å². The quantitative estimate of drug-likeness (QED) is 0.861. The normalized spacial score (nSPS) is 19.9. The van der Waals surface area contributed by atoms with Crippen LogP contribution in [0.5, 0.6) is 0 Å². The van der Waals surface area contributed by atoms with Crippen LogP contribution in [0.25, 0.3) is 0 Å². The molecule has 1 aromatic rings. The van der Waals surface area contributed by atoms with E-state index in [1.165, 1.54) is 0 Å². The van der Waals surface area contributed by atoms with E-state index in [4.69, 9.17) is 11.6 Å². The molecule has 4 heteroatoms. The number of amides is 1. The predicted octanol–water partition coefficient (Wildman–Crippen LogP) is 1.75. The van der Waals surface area contributed by atoms with E-state index in [0.717, 1.165) is 31.5 Å². The molecular formula is C13H17ClN2O. The van der Waals surface area contributed by atoms with Crippen LogP contribution in [0.15, 0.2) is 24.3 Å². The highest BCUT2D eigenvalue weighted by Gasteiger charge is 2.15. The summed E-state index contributed by atoms with van der Waals surface area (Å²) >= 11 is 5.80. The molecule has 1 saturated heterocycles. The van der Waals surface area contributed by atoms with Gasteiger partial charge in [0.25, 0.3) is 0 Å². The lowest BCUT2D eigenvalue weighted by Crippen LogP contribution is -2.46. The first-order valence-corrected chi connectivity index (χ1v) is 6.36. The zero-order valence-electron chi connectivity index (χ0n) is 9.71. The second-order valence-electron chi connectivity index (χ2n) is 4.41. The van der Waals surface area contributed by atoms with Crippen LogP contribution in [0.4, 0.5) is 0 Å². The Kier molecular flexibility index (Phi) is 4.40. The molecule has 1 heterocycles. The molecular weight excluding hydrogens is 236 g/mol. The largest absolute Gasteiger partial charge is 0.352 e. The number of piperidine rings is 1. The van der Waals surface area contributed by atoms with Crippen molar-refractivity contribution in [3.05, 3.63) is 34.9 Å². The molecule has 17 heavy (non-hydrogen) atoms. The Morgan fingerprint density at radius 1 is 1.41 bits per heavy atom. The van der Waals surface area contributed by atoms with Crippen LogP contribution in [0.2, 0.25) is 5.02 Å². The van der Waals surface area contributed by atoms with E-state index >= 15 is 0 Å². The van der Waals surface area contributed by atoms with E-state index in [1.54, 1.807) is 0 Å². The molecule has 3 nitrogen and oxygen atoms in total. The highest BCUT2D eigenvalue weighted by Crippen LogP contribution is 2.10. The zero-order chi connectivity index (χ0) is 12.1. The summed E-state index contributed by atoms with van der Waals surface area (Å²) in [5.74, 6) is 0.0843. The van der Waals surface area contributed by atoms with Crippen molar-refractivity contribution in [3.63, 3.8) is 0 Å². The molecule has 1 fully saturated rings. The van der Waals surface area contributed by atoms with Crippen molar-refractivity contribution < 1.29 is 4.79 Å². The van der Waals surface area contributed by atoms with E-state index < -0.39 is 0 Å². The van der Waals surface area contributed by atoms with Gasteiger partial charge in [-0.05, 0) is 37.1 Å². The lowest BCUT2D eigenvalue weighted by molar-refractivity contribution is -0.121. The molecule has 0 saturated carbocycles. The molecule has 1 unspecified atom stereocenters. The molecule has 1 aromatic carbocycles. The first-order valence-electron chi connectivity index (χ1n) is 5.98. The summed E-state index contributed by atoms with van der Waals surface area (Å²) in [6.45, 7) is 1.94. The third-order valence-corrected chi connectivity index (χ3v) is 3.19. The van der Waals surface area contributed by atoms with Crippen molar-refractivity contribution in [1.29, 1.82) is 0 Å². The fraction of sp³-hybridized carbons (Fsp3) is 0.462. The average molecular weight is 253 g/mol. The molecule has 0 spiro atoms. The number of hydrogen-bond acceptors (Lipinski definition) is 2. The van der Waals surface area contributed by atoms with Crippen molar-refractivity contribution in [1.82, 2.24) is 10.6 Å². The van der Waals surface area contributed by atoms with E-state index in [1.807, 2.05) is 24.3 Å². The van der Waals surface area contributed by atoms with Gasteiger partial charge in [-0.15, -0.1) is 0 Å². The number of benzene rings is 1. The number of rotatable bonds is 3. The lowest BCUT2D eigenvalue weighted by atomic mass is 10.1. The Morgan fingerprint density at radius 2 is 2.18 bits per heavy atom. The molecule has 92 valence electrons. The molecule has 1 aliphatic heterocycles. The summed E-state index contributed by atoms with van der Waals surface area (Å²) in [7, 11) is 0. The minimum Gasteiger partial charge on any atom is -0.352 e. The number of halogens is 1. The molecule has 1 aliphatic rings. The topological polar surface area (TPSA) is 41.1 Å². The molecule has 1 amide bonds. The highest BCUT2D eigenvalue weighted by molar-refractivity contribution is 6.30. The maximum Gasteiger partial charge on any atom is 0.224 e. The van der Waals surface area contributed by atoms with Crippen LogP contribution in [-0.4, -0.2) is 25.0 Å². The van der Waals surface area contributed by atoms with Gasteiger partial charge in [0, 0.05) is 17.6 Å². The number of nitrogens with one attached hydrogen (secondary N) is 2. The van der Waals surface area contributed by atoms with Gasteiger partial charge in [0.05, 0.1) is 6.42 Å².